The SMILES string of the molecule is COc1ccc2c(c1)OC(c1ccccc1OC)C[C@@H]2N. The van der Waals surface area contributed by atoms with Crippen LogP contribution in [-0.2, 0) is 0 Å². The third-order valence-corrected chi connectivity index (χ3v) is 3.84. The fraction of sp³-hybridized carbons (Fsp3) is 0.294. The lowest BCUT2D eigenvalue weighted by atomic mass is 9.93. The molecule has 0 fully saturated rings. The van der Waals surface area contributed by atoms with Crippen LogP contribution in [0.4, 0.5) is 0 Å². The van der Waals surface area contributed by atoms with Crippen LogP contribution in [0.2, 0.25) is 0 Å². The van der Waals surface area contributed by atoms with Crippen molar-refractivity contribution in [3.8, 4) is 17.2 Å². The second kappa shape index (κ2) is 5.66. The first kappa shape index (κ1) is 13.8. The summed E-state index contributed by atoms with van der Waals surface area (Å²) < 4.78 is 16.8. The highest BCUT2D eigenvalue weighted by Crippen LogP contribution is 2.43. The number of benzene rings is 2. The summed E-state index contributed by atoms with van der Waals surface area (Å²) in [6.45, 7) is 0. The molecule has 0 spiro atoms. The van der Waals surface area contributed by atoms with Crippen LogP contribution in [0.25, 0.3) is 0 Å². The predicted molar refractivity (Wildman–Crippen MR) is 80.9 cm³/mol. The van der Waals surface area contributed by atoms with E-state index in [0.717, 1.165) is 34.8 Å². The standard InChI is InChI=1S/C17H19NO3/c1-19-11-7-8-12-14(18)10-17(21-16(12)9-11)13-5-3-4-6-15(13)20-2/h3-9,14,17H,10,18H2,1-2H3/t14-,17?/m0/s1. The van der Waals surface area contributed by atoms with E-state index in [4.69, 9.17) is 19.9 Å². The average Bonchev–Trinajstić information content (AvgIpc) is 2.54. The number of fused-ring (bicyclic) bond motifs is 1. The Labute approximate surface area is 124 Å². The van der Waals surface area contributed by atoms with E-state index in [1.807, 2.05) is 42.5 Å². The summed E-state index contributed by atoms with van der Waals surface area (Å²) in [6, 6.07) is 13.6. The highest BCUT2D eigenvalue weighted by atomic mass is 16.5. The van der Waals surface area contributed by atoms with Crippen molar-refractivity contribution in [3.63, 3.8) is 0 Å². The molecule has 1 heterocycles. The minimum Gasteiger partial charge on any atom is -0.497 e. The molecule has 0 aliphatic carbocycles. The number of nitrogens with two attached hydrogens (primary N) is 1. The monoisotopic (exact) mass is 285 g/mol. The molecule has 1 aliphatic rings. The lowest BCUT2D eigenvalue weighted by Gasteiger charge is -2.31. The molecule has 110 valence electrons. The van der Waals surface area contributed by atoms with Crippen LogP contribution in [-0.4, -0.2) is 14.2 Å². The van der Waals surface area contributed by atoms with Gasteiger partial charge in [0.1, 0.15) is 23.4 Å². The molecule has 21 heavy (non-hydrogen) atoms. The summed E-state index contributed by atoms with van der Waals surface area (Å²) in [5.74, 6) is 2.37. The van der Waals surface area contributed by atoms with E-state index in [2.05, 4.69) is 0 Å². The molecule has 4 heteroatoms. The molecule has 3 rings (SSSR count). The molecule has 0 saturated carbocycles. The molecular weight excluding hydrogens is 266 g/mol. The van der Waals surface area contributed by atoms with Gasteiger partial charge in [0.15, 0.2) is 0 Å². The number of para-hydroxylation sites is 1. The predicted octanol–water partition coefficient (Wildman–Crippen LogP) is 3.23. The Morgan fingerprint density at radius 2 is 1.86 bits per heavy atom. The Morgan fingerprint density at radius 1 is 1.05 bits per heavy atom. The van der Waals surface area contributed by atoms with Crippen LogP contribution in [0.3, 0.4) is 0 Å². The Hall–Kier alpha value is -2.20. The number of ether oxygens (including phenoxy) is 3. The Morgan fingerprint density at radius 3 is 2.62 bits per heavy atom. The van der Waals surface area contributed by atoms with Crippen molar-refractivity contribution in [2.24, 2.45) is 5.73 Å². The molecule has 0 amide bonds. The van der Waals surface area contributed by atoms with Gasteiger partial charge in [-0.25, -0.2) is 0 Å². The molecule has 1 unspecified atom stereocenters. The molecule has 0 saturated heterocycles. The highest BCUT2D eigenvalue weighted by Gasteiger charge is 2.29. The van der Waals surface area contributed by atoms with Gasteiger partial charge in [-0.3, -0.25) is 0 Å². The maximum absolute atomic E-state index is 6.30. The van der Waals surface area contributed by atoms with E-state index in [9.17, 15) is 0 Å². The van der Waals surface area contributed by atoms with Gasteiger partial charge in [0.2, 0.25) is 0 Å². The van der Waals surface area contributed by atoms with Crippen molar-refractivity contribution in [2.45, 2.75) is 18.6 Å². The first-order chi connectivity index (χ1) is 10.2. The van der Waals surface area contributed by atoms with Gasteiger partial charge >= 0.3 is 0 Å². The lowest BCUT2D eigenvalue weighted by Crippen LogP contribution is -2.24. The van der Waals surface area contributed by atoms with Gasteiger partial charge in [-0.05, 0) is 12.1 Å². The van der Waals surface area contributed by atoms with Crippen LogP contribution in [0.15, 0.2) is 42.5 Å². The van der Waals surface area contributed by atoms with Crippen LogP contribution < -0.4 is 19.9 Å². The van der Waals surface area contributed by atoms with E-state index >= 15 is 0 Å². The summed E-state index contributed by atoms with van der Waals surface area (Å²) in [4.78, 5) is 0. The second-order valence-corrected chi connectivity index (χ2v) is 5.09. The molecule has 2 aromatic rings. The van der Waals surface area contributed by atoms with Crippen molar-refractivity contribution < 1.29 is 14.2 Å². The Kier molecular flexibility index (Phi) is 3.71. The van der Waals surface area contributed by atoms with Crippen LogP contribution >= 0.6 is 0 Å². The van der Waals surface area contributed by atoms with Crippen LogP contribution in [0.5, 0.6) is 17.2 Å². The quantitative estimate of drug-likeness (QED) is 0.940. The van der Waals surface area contributed by atoms with Crippen molar-refractivity contribution >= 4 is 0 Å². The third kappa shape index (κ3) is 2.54. The van der Waals surface area contributed by atoms with Gasteiger partial charge in [0, 0.05) is 29.7 Å². The zero-order chi connectivity index (χ0) is 14.8. The summed E-state index contributed by atoms with van der Waals surface area (Å²) in [7, 11) is 3.31. The Bertz CT molecular complexity index is 642. The van der Waals surface area contributed by atoms with Gasteiger partial charge in [0.25, 0.3) is 0 Å². The molecule has 0 bridgehead atoms. The van der Waals surface area contributed by atoms with Gasteiger partial charge in [-0.2, -0.15) is 0 Å². The van der Waals surface area contributed by atoms with E-state index in [-0.39, 0.29) is 12.1 Å². The minimum atomic E-state index is -0.115. The largest absolute Gasteiger partial charge is 0.497 e. The zero-order valence-corrected chi connectivity index (χ0v) is 12.2. The molecule has 4 nitrogen and oxygen atoms in total. The average molecular weight is 285 g/mol. The summed E-state index contributed by atoms with van der Waals surface area (Å²) in [6.07, 6.45) is 0.607. The first-order valence-corrected chi connectivity index (χ1v) is 6.96. The maximum Gasteiger partial charge on any atom is 0.129 e. The summed E-state index contributed by atoms with van der Waals surface area (Å²) >= 11 is 0. The van der Waals surface area contributed by atoms with Crippen LogP contribution in [0.1, 0.15) is 29.7 Å². The summed E-state index contributed by atoms with van der Waals surface area (Å²) in [5.41, 5.74) is 8.33. The van der Waals surface area contributed by atoms with Crippen molar-refractivity contribution in [1.82, 2.24) is 0 Å². The van der Waals surface area contributed by atoms with Gasteiger partial charge < -0.3 is 19.9 Å². The fourth-order valence-electron chi connectivity index (χ4n) is 2.73. The molecule has 2 N–H and O–H groups in total. The number of rotatable bonds is 3. The van der Waals surface area contributed by atoms with Crippen LogP contribution in [0, 0.1) is 0 Å². The van der Waals surface area contributed by atoms with Crippen molar-refractivity contribution in [2.75, 3.05) is 14.2 Å². The molecule has 1 aliphatic heterocycles. The number of methoxy groups -OCH3 is 2. The van der Waals surface area contributed by atoms with Gasteiger partial charge in [-0.15, -0.1) is 0 Å². The zero-order valence-electron chi connectivity index (χ0n) is 12.2. The second-order valence-electron chi connectivity index (χ2n) is 5.09. The maximum atomic E-state index is 6.30. The summed E-state index contributed by atoms with van der Waals surface area (Å²) in [5, 5.41) is 0. The normalized spacial score (nSPS) is 20.3. The number of hydrogen-bond donors (Lipinski definition) is 1. The first-order valence-electron chi connectivity index (χ1n) is 6.96. The van der Waals surface area contributed by atoms with E-state index in [0.29, 0.717) is 0 Å². The highest BCUT2D eigenvalue weighted by molar-refractivity contribution is 5.46. The molecule has 2 atom stereocenters. The smallest absolute Gasteiger partial charge is 0.129 e. The topological polar surface area (TPSA) is 53.7 Å². The van der Waals surface area contributed by atoms with Crippen molar-refractivity contribution in [3.05, 3.63) is 53.6 Å². The fourth-order valence-corrected chi connectivity index (χ4v) is 2.73. The molecular formula is C17H19NO3. The minimum absolute atomic E-state index is 0.0606. The molecule has 0 radical (unpaired) electrons. The Balaban J connectivity index is 1.97. The van der Waals surface area contributed by atoms with E-state index < -0.39 is 0 Å². The van der Waals surface area contributed by atoms with Crippen molar-refractivity contribution in [1.29, 1.82) is 0 Å². The van der Waals surface area contributed by atoms with E-state index in [1.54, 1.807) is 14.2 Å². The molecule has 0 aromatic heterocycles. The van der Waals surface area contributed by atoms with Gasteiger partial charge in [-0.1, -0.05) is 24.3 Å². The molecule has 2 aromatic carbocycles. The third-order valence-electron chi connectivity index (χ3n) is 3.84. The lowest BCUT2D eigenvalue weighted by molar-refractivity contribution is 0.157. The van der Waals surface area contributed by atoms with Gasteiger partial charge in [0.05, 0.1) is 14.2 Å². The number of hydrogen-bond acceptors (Lipinski definition) is 4. The van der Waals surface area contributed by atoms with E-state index in [1.165, 1.54) is 0 Å².